The van der Waals surface area contributed by atoms with Crippen molar-refractivity contribution in [3.63, 3.8) is 0 Å². The molecule has 0 saturated carbocycles. The lowest BCUT2D eigenvalue weighted by atomic mass is 10.2. The Kier molecular flexibility index (Phi) is 6.95. The Morgan fingerprint density at radius 2 is 1.67 bits per heavy atom. The number of hydrogen-bond acceptors (Lipinski definition) is 6. The van der Waals surface area contributed by atoms with Gasteiger partial charge in [0.05, 0.1) is 12.7 Å². The normalized spacial score (nSPS) is 14.1. The van der Waals surface area contributed by atoms with E-state index in [0.717, 1.165) is 0 Å². The van der Waals surface area contributed by atoms with Gasteiger partial charge in [0.25, 0.3) is 0 Å². The first-order chi connectivity index (χ1) is 11.1. The summed E-state index contributed by atoms with van der Waals surface area (Å²) in [6.07, 6.45) is -3.08. The summed E-state index contributed by atoms with van der Waals surface area (Å²) in [5.74, 6) is -6.64. The lowest BCUT2D eigenvalue weighted by molar-refractivity contribution is -0.119. The summed E-state index contributed by atoms with van der Waals surface area (Å²) < 4.78 is 64.3. The fraction of sp³-hybridized carbons (Fsp3) is 0.417. The van der Waals surface area contributed by atoms with E-state index in [1.54, 1.807) is 0 Å². The molecule has 0 aliphatic carbocycles. The molecule has 0 radical (unpaired) electrons. The Hall–Kier alpha value is -1.89. The van der Waals surface area contributed by atoms with Gasteiger partial charge >= 0.3 is 0 Å². The van der Waals surface area contributed by atoms with E-state index in [1.165, 1.54) is 4.72 Å². The SMILES string of the molecule is O=C(CS(=O)(=O)Nc1c(F)cc(F)cc1F)NCC(O)C(O)CO. The van der Waals surface area contributed by atoms with Crippen LogP contribution in [0.3, 0.4) is 0 Å². The molecular weight excluding hydrogens is 357 g/mol. The molecule has 0 bridgehead atoms. The van der Waals surface area contributed by atoms with Gasteiger partial charge in [-0.15, -0.1) is 0 Å². The maximum Gasteiger partial charge on any atom is 0.242 e. The number of nitrogens with one attached hydrogen (secondary N) is 2. The molecule has 2 unspecified atom stereocenters. The van der Waals surface area contributed by atoms with Crippen LogP contribution in [0.4, 0.5) is 18.9 Å². The summed E-state index contributed by atoms with van der Waals surface area (Å²) in [6.45, 7) is -1.34. The molecule has 1 amide bonds. The first kappa shape index (κ1) is 20.2. The van der Waals surface area contributed by atoms with Gasteiger partial charge in [-0.05, 0) is 0 Å². The Morgan fingerprint density at radius 3 is 2.17 bits per heavy atom. The third-order valence-corrected chi connectivity index (χ3v) is 3.88. The van der Waals surface area contributed by atoms with Crippen LogP contribution in [0.15, 0.2) is 12.1 Å². The number of hydrogen-bond donors (Lipinski definition) is 5. The number of aliphatic hydroxyl groups is 3. The second-order valence-electron chi connectivity index (χ2n) is 4.73. The van der Waals surface area contributed by atoms with E-state index >= 15 is 0 Å². The Labute approximate surface area is 135 Å². The second-order valence-corrected chi connectivity index (χ2v) is 6.45. The standard InChI is InChI=1S/C12H15F3N2O6S/c13-6-1-7(14)12(8(15)2-6)17-24(22,23)5-11(21)16-3-9(19)10(20)4-18/h1-2,9-10,17-20H,3-5H2,(H,16,21). The largest absolute Gasteiger partial charge is 0.394 e. The molecule has 0 spiro atoms. The van der Waals surface area contributed by atoms with Crippen molar-refractivity contribution >= 4 is 21.6 Å². The number of aliphatic hydroxyl groups excluding tert-OH is 3. The van der Waals surface area contributed by atoms with E-state index in [0.29, 0.717) is 0 Å². The highest BCUT2D eigenvalue weighted by Gasteiger charge is 2.22. The average molecular weight is 372 g/mol. The van der Waals surface area contributed by atoms with Crippen LogP contribution in [-0.2, 0) is 14.8 Å². The summed E-state index contributed by atoms with van der Waals surface area (Å²) in [7, 11) is -4.52. The fourth-order valence-corrected chi connectivity index (χ4v) is 2.56. The smallest absolute Gasteiger partial charge is 0.242 e. The fourth-order valence-electron chi connectivity index (χ4n) is 1.53. The minimum absolute atomic E-state index is 0.258. The minimum atomic E-state index is -4.52. The van der Waals surface area contributed by atoms with Crippen LogP contribution in [0.1, 0.15) is 0 Å². The molecule has 5 N–H and O–H groups in total. The van der Waals surface area contributed by atoms with Gasteiger partial charge in [0.1, 0.15) is 23.4 Å². The van der Waals surface area contributed by atoms with Crippen molar-refractivity contribution < 1.29 is 41.7 Å². The molecule has 1 rings (SSSR count). The second kappa shape index (κ2) is 8.28. The van der Waals surface area contributed by atoms with Crippen LogP contribution < -0.4 is 10.0 Å². The van der Waals surface area contributed by atoms with Crippen LogP contribution in [0.5, 0.6) is 0 Å². The van der Waals surface area contributed by atoms with Crippen LogP contribution >= 0.6 is 0 Å². The quantitative estimate of drug-likeness (QED) is 0.384. The summed E-state index contributed by atoms with van der Waals surface area (Å²) in [5, 5.41) is 28.8. The molecule has 0 aliphatic heterocycles. The third kappa shape index (κ3) is 5.96. The topological polar surface area (TPSA) is 136 Å². The molecule has 0 aromatic heterocycles. The molecule has 136 valence electrons. The summed E-state index contributed by atoms with van der Waals surface area (Å²) >= 11 is 0. The summed E-state index contributed by atoms with van der Waals surface area (Å²) in [6, 6.07) is 0.515. The number of benzene rings is 1. The maximum atomic E-state index is 13.4. The molecule has 0 fully saturated rings. The number of rotatable bonds is 8. The van der Waals surface area contributed by atoms with Gasteiger partial charge < -0.3 is 20.6 Å². The number of amides is 1. The van der Waals surface area contributed by atoms with E-state index in [1.807, 2.05) is 5.32 Å². The molecule has 24 heavy (non-hydrogen) atoms. The van der Waals surface area contributed by atoms with Gasteiger partial charge in [-0.3, -0.25) is 9.52 Å². The van der Waals surface area contributed by atoms with Crippen molar-refractivity contribution in [1.82, 2.24) is 5.32 Å². The Morgan fingerprint density at radius 1 is 1.12 bits per heavy atom. The highest BCUT2D eigenvalue weighted by molar-refractivity contribution is 7.93. The van der Waals surface area contributed by atoms with Gasteiger partial charge in [0.2, 0.25) is 15.9 Å². The maximum absolute atomic E-state index is 13.4. The van der Waals surface area contributed by atoms with Gasteiger partial charge in [0, 0.05) is 18.7 Å². The molecule has 1 aromatic carbocycles. The number of sulfonamides is 1. The van der Waals surface area contributed by atoms with Crippen LogP contribution in [0.25, 0.3) is 0 Å². The molecule has 0 saturated heterocycles. The molecule has 1 aromatic rings. The van der Waals surface area contributed by atoms with Gasteiger partial charge in [-0.25, -0.2) is 21.6 Å². The minimum Gasteiger partial charge on any atom is -0.394 e. The summed E-state index contributed by atoms with van der Waals surface area (Å²) in [5.41, 5.74) is -1.14. The van der Waals surface area contributed by atoms with Gasteiger partial charge in [-0.1, -0.05) is 0 Å². The highest BCUT2D eigenvalue weighted by Crippen LogP contribution is 2.21. The average Bonchev–Trinajstić information content (AvgIpc) is 2.47. The highest BCUT2D eigenvalue weighted by atomic mass is 32.2. The zero-order valence-electron chi connectivity index (χ0n) is 12.0. The first-order valence-corrected chi connectivity index (χ1v) is 8.09. The van der Waals surface area contributed by atoms with Crippen molar-refractivity contribution in [2.45, 2.75) is 12.2 Å². The van der Waals surface area contributed by atoms with Crippen molar-refractivity contribution in [2.24, 2.45) is 0 Å². The van der Waals surface area contributed by atoms with Crippen molar-refractivity contribution in [3.05, 3.63) is 29.6 Å². The van der Waals surface area contributed by atoms with E-state index in [4.69, 9.17) is 10.2 Å². The van der Waals surface area contributed by atoms with Crippen LogP contribution in [0.2, 0.25) is 0 Å². The monoisotopic (exact) mass is 372 g/mol. The van der Waals surface area contributed by atoms with Crippen LogP contribution in [-0.4, -0.2) is 60.8 Å². The predicted octanol–water partition coefficient (Wildman–Crippen LogP) is -1.32. The van der Waals surface area contributed by atoms with Gasteiger partial charge in [0.15, 0.2) is 11.6 Å². The Balaban J connectivity index is 2.69. The van der Waals surface area contributed by atoms with Crippen molar-refractivity contribution in [2.75, 3.05) is 23.6 Å². The number of halogens is 3. The number of carbonyl (C=O) groups excluding carboxylic acids is 1. The van der Waals surface area contributed by atoms with Crippen LogP contribution in [0, 0.1) is 17.5 Å². The molecule has 0 aliphatic rings. The molecule has 2 atom stereocenters. The van der Waals surface area contributed by atoms with Gasteiger partial charge in [-0.2, -0.15) is 0 Å². The van der Waals surface area contributed by atoms with E-state index < -0.39 is 70.2 Å². The zero-order valence-corrected chi connectivity index (χ0v) is 12.9. The Bertz CT molecular complexity index is 677. The summed E-state index contributed by atoms with van der Waals surface area (Å²) in [4.78, 5) is 11.5. The lowest BCUT2D eigenvalue weighted by Crippen LogP contribution is -2.42. The van der Waals surface area contributed by atoms with E-state index in [9.17, 15) is 31.5 Å². The predicted molar refractivity (Wildman–Crippen MR) is 75.8 cm³/mol. The number of carbonyl (C=O) groups is 1. The number of anilines is 1. The first-order valence-electron chi connectivity index (χ1n) is 6.44. The van der Waals surface area contributed by atoms with E-state index in [2.05, 4.69) is 0 Å². The van der Waals surface area contributed by atoms with E-state index in [-0.39, 0.29) is 12.1 Å². The van der Waals surface area contributed by atoms with Crippen molar-refractivity contribution in [1.29, 1.82) is 0 Å². The molecular formula is C12H15F3N2O6S. The van der Waals surface area contributed by atoms with Crippen molar-refractivity contribution in [3.8, 4) is 0 Å². The molecule has 12 heteroatoms. The lowest BCUT2D eigenvalue weighted by Gasteiger charge is -2.16. The third-order valence-electron chi connectivity index (χ3n) is 2.73. The zero-order chi connectivity index (χ0) is 18.5. The molecule has 0 heterocycles. The molecule has 8 nitrogen and oxygen atoms in total.